The van der Waals surface area contributed by atoms with Crippen molar-refractivity contribution in [3.63, 3.8) is 0 Å². The number of benzene rings is 1. The van der Waals surface area contributed by atoms with Gasteiger partial charge in [0.2, 0.25) is 0 Å². The van der Waals surface area contributed by atoms with Crippen LogP contribution in [0.15, 0.2) is 41.5 Å². The first kappa shape index (κ1) is 27.7. The van der Waals surface area contributed by atoms with Crippen LogP contribution in [-0.2, 0) is 21.7 Å². The Labute approximate surface area is 169 Å². The van der Waals surface area contributed by atoms with Gasteiger partial charge in [0.1, 0.15) is 0 Å². The van der Waals surface area contributed by atoms with Gasteiger partial charge in [0.25, 0.3) is 0 Å². The van der Waals surface area contributed by atoms with E-state index in [0.717, 1.165) is 5.56 Å². The summed E-state index contributed by atoms with van der Waals surface area (Å²) < 4.78 is 0. The second-order valence-electron chi connectivity index (χ2n) is 6.58. The fraction of sp³-hybridized carbons (Fsp3) is 0.421. The molecular formula is C19H29Cl2NTi. The number of allylic oxidation sites excluding steroid dienone is 4. The predicted molar refractivity (Wildman–Crippen MR) is 105 cm³/mol. The minimum atomic E-state index is -0.250. The Bertz CT molecular complexity index is 537. The fourth-order valence-electron chi connectivity index (χ4n) is 2.37. The first-order chi connectivity index (χ1) is 9.11. The number of hydrogen-bond donors (Lipinski definition) is 0. The van der Waals surface area contributed by atoms with Crippen molar-refractivity contribution in [2.75, 3.05) is 0 Å². The summed E-state index contributed by atoms with van der Waals surface area (Å²) in [5.41, 5.74) is 13.4. The van der Waals surface area contributed by atoms with Crippen LogP contribution in [0.3, 0.4) is 0 Å². The molecular weight excluding hydrogens is 361 g/mol. The molecule has 0 radical (unpaired) electrons. The Morgan fingerprint density at radius 1 is 1.04 bits per heavy atom. The SMILES string of the molecule is CC(C)(C)[NH-].Cl.Cl.[CH2-]c1ccccc1C1=C(C)C(C)=CC1C.[Ti+2]. The summed E-state index contributed by atoms with van der Waals surface area (Å²) in [4.78, 5) is 0. The van der Waals surface area contributed by atoms with Crippen LogP contribution in [0.2, 0.25) is 0 Å². The largest absolute Gasteiger partial charge is 2.00 e. The maximum Gasteiger partial charge on any atom is 2.00 e. The molecule has 1 unspecified atom stereocenters. The normalized spacial score (nSPS) is 16.1. The Kier molecular flexibility index (Phi) is 13.7. The van der Waals surface area contributed by atoms with Crippen LogP contribution in [0.1, 0.15) is 52.7 Å². The smallest absolute Gasteiger partial charge is 0.673 e. The molecule has 0 fully saturated rings. The van der Waals surface area contributed by atoms with E-state index in [0.29, 0.717) is 5.92 Å². The number of nitrogens with one attached hydrogen (secondary N) is 1. The Hall–Kier alpha value is -0.176. The van der Waals surface area contributed by atoms with Crippen LogP contribution in [0.25, 0.3) is 11.3 Å². The molecule has 0 aliphatic heterocycles. The van der Waals surface area contributed by atoms with Gasteiger partial charge in [-0.1, -0.05) is 56.6 Å². The van der Waals surface area contributed by atoms with Crippen molar-refractivity contribution in [1.29, 1.82) is 0 Å². The van der Waals surface area contributed by atoms with Gasteiger partial charge in [-0.15, -0.1) is 48.0 Å². The van der Waals surface area contributed by atoms with Gasteiger partial charge in [-0.05, 0) is 19.8 Å². The molecule has 0 bridgehead atoms. The minimum absolute atomic E-state index is 0. The van der Waals surface area contributed by atoms with Crippen LogP contribution < -0.4 is 0 Å². The molecule has 1 N–H and O–H groups in total. The first-order valence-corrected chi connectivity index (χ1v) is 7.17. The standard InChI is InChI=1S/C15H17.C4H10N.2ClH.Ti/c1-10-7-5-6-8-14(10)15-12(3)9-11(2)13(15)4;1-4(2,3)5;;;/h5-9,12H,1H2,2-4H3;5H,1-3H3;2*1H;/q2*-1;;;+2. The molecule has 0 amide bonds. The zero-order valence-corrected chi connectivity index (χ0v) is 18.2. The van der Waals surface area contributed by atoms with Crippen molar-refractivity contribution >= 4 is 30.4 Å². The van der Waals surface area contributed by atoms with Gasteiger partial charge in [0, 0.05) is 0 Å². The van der Waals surface area contributed by atoms with Gasteiger partial charge < -0.3 is 5.73 Å². The zero-order chi connectivity index (χ0) is 15.5. The molecule has 1 aromatic rings. The molecule has 1 aliphatic carbocycles. The molecule has 0 spiro atoms. The molecule has 1 aliphatic rings. The van der Waals surface area contributed by atoms with Crippen LogP contribution in [-0.4, -0.2) is 5.54 Å². The third kappa shape index (κ3) is 9.03. The summed E-state index contributed by atoms with van der Waals surface area (Å²) in [6.45, 7) is 16.3. The van der Waals surface area contributed by atoms with E-state index in [1.807, 2.05) is 26.8 Å². The number of rotatable bonds is 1. The fourth-order valence-corrected chi connectivity index (χ4v) is 2.37. The molecule has 0 heterocycles. The predicted octanol–water partition coefficient (Wildman–Crippen LogP) is 6.92. The zero-order valence-electron chi connectivity index (χ0n) is 15.0. The molecule has 0 saturated heterocycles. The summed E-state index contributed by atoms with van der Waals surface area (Å²) >= 11 is 0. The van der Waals surface area contributed by atoms with Crippen LogP contribution in [0.5, 0.6) is 0 Å². The molecule has 23 heavy (non-hydrogen) atoms. The molecule has 0 saturated carbocycles. The van der Waals surface area contributed by atoms with Gasteiger partial charge in [-0.3, -0.25) is 0 Å². The Morgan fingerprint density at radius 3 is 1.83 bits per heavy atom. The van der Waals surface area contributed by atoms with E-state index >= 15 is 0 Å². The van der Waals surface area contributed by atoms with E-state index in [4.69, 9.17) is 5.73 Å². The maximum absolute atomic E-state index is 6.94. The summed E-state index contributed by atoms with van der Waals surface area (Å²) in [5.74, 6) is 0.521. The van der Waals surface area contributed by atoms with Crippen LogP contribution in [0, 0.1) is 12.8 Å². The van der Waals surface area contributed by atoms with E-state index in [2.05, 4.69) is 52.0 Å². The van der Waals surface area contributed by atoms with Gasteiger partial charge in [-0.25, -0.2) is 0 Å². The molecule has 4 heteroatoms. The Morgan fingerprint density at radius 2 is 1.48 bits per heavy atom. The quantitative estimate of drug-likeness (QED) is 0.367. The third-order valence-electron chi connectivity index (χ3n) is 3.26. The van der Waals surface area contributed by atoms with Crippen LogP contribution in [0.4, 0.5) is 0 Å². The third-order valence-corrected chi connectivity index (χ3v) is 3.26. The second kappa shape index (κ2) is 11.4. The van der Waals surface area contributed by atoms with Crippen molar-refractivity contribution in [2.24, 2.45) is 5.92 Å². The molecule has 2 rings (SSSR count). The monoisotopic (exact) mass is 389 g/mol. The summed E-state index contributed by atoms with van der Waals surface area (Å²) in [7, 11) is 0. The topological polar surface area (TPSA) is 23.8 Å². The van der Waals surface area contributed by atoms with E-state index in [1.54, 1.807) is 0 Å². The second-order valence-corrected chi connectivity index (χ2v) is 6.58. The van der Waals surface area contributed by atoms with Crippen molar-refractivity contribution < 1.29 is 21.7 Å². The number of halogens is 2. The molecule has 1 aromatic carbocycles. The molecule has 128 valence electrons. The minimum Gasteiger partial charge on any atom is -0.673 e. The van der Waals surface area contributed by atoms with Crippen molar-refractivity contribution in [3.8, 4) is 0 Å². The van der Waals surface area contributed by atoms with Crippen LogP contribution >= 0.6 is 24.8 Å². The van der Waals surface area contributed by atoms with Crippen molar-refractivity contribution in [2.45, 2.75) is 47.1 Å². The van der Waals surface area contributed by atoms with Gasteiger partial charge in [-0.2, -0.15) is 18.6 Å². The van der Waals surface area contributed by atoms with E-state index in [-0.39, 0.29) is 52.1 Å². The molecule has 0 aromatic heterocycles. The summed E-state index contributed by atoms with van der Waals surface area (Å²) in [5, 5.41) is 0. The number of hydrogen-bond acceptors (Lipinski definition) is 0. The average molecular weight is 390 g/mol. The van der Waals surface area contributed by atoms with Crippen molar-refractivity contribution in [3.05, 3.63) is 65.3 Å². The van der Waals surface area contributed by atoms with E-state index in [9.17, 15) is 0 Å². The van der Waals surface area contributed by atoms with Gasteiger partial charge in [0.05, 0.1) is 0 Å². The molecule has 1 nitrogen and oxygen atoms in total. The van der Waals surface area contributed by atoms with Gasteiger partial charge in [0.15, 0.2) is 0 Å². The summed E-state index contributed by atoms with van der Waals surface area (Å²) in [6, 6.07) is 8.38. The molecule has 1 atom stereocenters. The maximum atomic E-state index is 6.94. The first-order valence-electron chi connectivity index (χ1n) is 7.17. The van der Waals surface area contributed by atoms with E-state index in [1.165, 1.54) is 22.3 Å². The average Bonchev–Trinajstić information content (AvgIpc) is 2.52. The van der Waals surface area contributed by atoms with E-state index < -0.39 is 0 Å². The summed E-state index contributed by atoms with van der Waals surface area (Å²) in [6.07, 6.45) is 2.33. The van der Waals surface area contributed by atoms with Gasteiger partial charge >= 0.3 is 21.7 Å². The Balaban J connectivity index is -0.000000444. The van der Waals surface area contributed by atoms with Crippen molar-refractivity contribution in [1.82, 2.24) is 0 Å².